The number of β-amino-alcohol motifs (C(OH)–C–C–N with tert-alkyl or cyclic N) is 1. The Kier molecular flexibility index (Phi) is 12.4. The average Bonchev–Trinajstić information content (AvgIpc) is 2.96. The molecule has 0 aromatic heterocycles. The van der Waals surface area contributed by atoms with E-state index in [9.17, 15) is 5.11 Å². The molecule has 0 aliphatic heterocycles. The largest absolute Gasteiger partial charge is 0.400 e. The zero-order valence-corrected chi connectivity index (χ0v) is 25.3. The van der Waals surface area contributed by atoms with Gasteiger partial charge in [0, 0.05) is 31.5 Å². The predicted octanol–water partition coefficient (Wildman–Crippen LogP) is 7.20. The quantitative estimate of drug-likeness (QED) is 0.161. The van der Waals surface area contributed by atoms with Crippen LogP contribution >= 0.6 is 11.9 Å². The van der Waals surface area contributed by atoms with Gasteiger partial charge in [-0.25, -0.2) is 0 Å². The second-order valence-electron chi connectivity index (χ2n) is 10.7. The van der Waals surface area contributed by atoms with Gasteiger partial charge in [0.2, 0.25) is 0 Å². The fourth-order valence-corrected chi connectivity index (χ4v) is 5.56. The number of rotatable bonds is 12. The fraction of sp³-hybridized carbons (Fsp3) is 0.314. The Balaban J connectivity index is 0.00000216. The van der Waals surface area contributed by atoms with Crippen molar-refractivity contribution < 1.29 is 10.2 Å². The van der Waals surface area contributed by atoms with E-state index in [4.69, 9.17) is 5.11 Å². The normalized spacial score (nSPS) is 12.5. The van der Waals surface area contributed by atoms with Crippen LogP contribution in [0.25, 0.3) is 28.0 Å². The summed E-state index contributed by atoms with van der Waals surface area (Å²) in [5, 5.41) is 23.8. The molecular formula is C35H44N2O2S. The average molecular weight is 557 g/mol. The zero-order chi connectivity index (χ0) is 29.0. The maximum absolute atomic E-state index is 10.7. The molecule has 4 aromatic rings. The number of aliphatic hydroxyl groups is 2. The molecule has 0 aliphatic rings. The lowest BCUT2D eigenvalue weighted by Crippen LogP contribution is -2.46. The SMILES string of the molecule is C/C=C/c1cccc(-c2ccc(CSN(C)CC(O)CNC(C)(C)Cc3ccc4ccccc4c3)cc2)c1.CO. The third-order valence-electron chi connectivity index (χ3n) is 6.73. The van der Waals surface area contributed by atoms with Crippen molar-refractivity contribution in [2.24, 2.45) is 0 Å². The highest BCUT2D eigenvalue weighted by molar-refractivity contribution is 7.96. The van der Waals surface area contributed by atoms with E-state index in [-0.39, 0.29) is 5.54 Å². The van der Waals surface area contributed by atoms with Crippen molar-refractivity contribution in [2.75, 3.05) is 27.2 Å². The monoisotopic (exact) mass is 556 g/mol. The third-order valence-corrected chi connectivity index (χ3v) is 7.78. The molecule has 0 bridgehead atoms. The predicted molar refractivity (Wildman–Crippen MR) is 174 cm³/mol. The summed E-state index contributed by atoms with van der Waals surface area (Å²) in [5.41, 5.74) is 6.15. The molecule has 0 saturated carbocycles. The number of nitrogens with zero attached hydrogens (tertiary/aromatic N) is 1. The van der Waals surface area contributed by atoms with E-state index in [2.05, 4.69) is 134 Å². The van der Waals surface area contributed by atoms with Gasteiger partial charge in [-0.3, -0.25) is 4.31 Å². The number of nitrogens with one attached hydrogen (secondary N) is 1. The van der Waals surface area contributed by atoms with Gasteiger partial charge in [-0.05, 0) is 78.9 Å². The van der Waals surface area contributed by atoms with Crippen molar-refractivity contribution >= 4 is 28.8 Å². The van der Waals surface area contributed by atoms with Gasteiger partial charge in [-0.1, -0.05) is 109 Å². The molecule has 1 unspecified atom stereocenters. The minimum Gasteiger partial charge on any atom is -0.400 e. The molecule has 3 N–H and O–H groups in total. The first-order valence-corrected chi connectivity index (χ1v) is 14.8. The number of allylic oxidation sites excluding steroid dienone is 1. The Morgan fingerprint density at radius 2 is 1.55 bits per heavy atom. The van der Waals surface area contributed by atoms with Gasteiger partial charge >= 0.3 is 0 Å². The van der Waals surface area contributed by atoms with Crippen LogP contribution in [0.3, 0.4) is 0 Å². The number of likely N-dealkylation sites (N-methyl/N-ethyl adjacent to an activating group) is 1. The Bertz CT molecular complexity index is 1350. The van der Waals surface area contributed by atoms with E-state index in [0.29, 0.717) is 13.1 Å². The Morgan fingerprint density at radius 3 is 2.27 bits per heavy atom. The van der Waals surface area contributed by atoms with Gasteiger partial charge in [0.1, 0.15) is 0 Å². The van der Waals surface area contributed by atoms with E-state index in [1.807, 2.05) is 6.92 Å². The minimum absolute atomic E-state index is 0.108. The highest BCUT2D eigenvalue weighted by atomic mass is 32.2. The van der Waals surface area contributed by atoms with Crippen LogP contribution in [-0.4, -0.2) is 53.4 Å². The van der Waals surface area contributed by atoms with Gasteiger partial charge in [-0.2, -0.15) is 0 Å². The van der Waals surface area contributed by atoms with Crippen LogP contribution in [0, 0.1) is 0 Å². The number of hydrogen-bond acceptors (Lipinski definition) is 5. The van der Waals surface area contributed by atoms with E-state index < -0.39 is 6.10 Å². The molecular weight excluding hydrogens is 512 g/mol. The molecule has 4 rings (SSSR count). The zero-order valence-electron chi connectivity index (χ0n) is 24.5. The lowest BCUT2D eigenvalue weighted by molar-refractivity contribution is 0.142. The highest BCUT2D eigenvalue weighted by Gasteiger charge is 2.20. The van der Waals surface area contributed by atoms with Crippen molar-refractivity contribution in [1.82, 2.24) is 9.62 Å². The van der Waals surface area contributed by atoms with Crippen molar-refractivity contribution in [3.05, 3.63) is 114 Å². The topological polar surface area (TPSA) is 55.7 Å². The molecule has 4 nitrogen and oxygen atoms in total. The highest BCUT2D eigenvalue weighted by Crippen LogP contribution is 2.24. The van der Waals surface area contributed by atoms with Crippen LogP contribution in [0.2, 0.25) is 0 Å². The summed E-state index contributed by atoms with van der Waals surface area (Å²) in [6.07, 6.45) is 4.66. The van der Waals surface area contributed by atoms with Gasteiger partial charge in [0.25, 0.3) is 0 Å². The number of benzene rings is 4. The summed E-state index contributed by atoms with van der Waals surface area (Å²) in [6, 6.07) is 32.5. The van der Waals surface area contributed by atoms with Crippen molar-refractivity contribution in [1.29, 1.82) is 0 Å². The van der Waals surface area contributed by atoms with Crippen molar-refractivity contribution in [3.63, 3.8) is 0 Å². The van der Waals surface area contributed by atoms with Crippen LogP contribution < -0.4 is 5.32 Å². The molecule has 0 aliphatic carbocycles. The molecule has 40 heavy (non-hydrogen) atoms. The van der Waals surface area contributed by atoms with Crippen LogP contribution in [0.5, 0.6) is 0 Å². The van der Waals surface area contributed by atoms with E-state index >= 15 is 0 Å². The smallest absolute Gasteiger partial charge is 0.0800 e. The standard InChI is InChI=1S/C34H40N2OS.CH4O/c1-5-9-26-10-8-13-32(20-26)30-17-14-27(15-18-30)25-38-36(4)24-33(37)23-35-34(2,3)22-28-16-19-29-11-6-7-12-31(29)21-28;1-2/h5-21,33,35,37H,22-25H2,1-4H3;2H,1H3/b9-5+;. The van der Waals surface area contributed by atoms with Crippen LogP contribution in [0.1, 0.15) is 37.5 Å². The molecule has 1 atom stereocenters. The first-order valence-electron chi connectivity index (χ1n) is 13.8. The summed E-state index contributed by atoms with van der Waals surface area (Å²) in [7, 11) is 3.05. The van der Waals surface area contributed by atoms with Crippen LogP contribution in [-0.2, 0) is 12.2 Å². The number of fused-ring (bicyclic) bond motifs is 1. The number of aliphatic hydroxyl groups excluding tert-OH is 2. The van der Waals surface area contributed by atoms with E-state index in [1.54, 1.807) is 11.9 Å². The lowest BCUT2D eigenvalue weighted by atomic mass is 9.93. The Labute approximate surface area is 244 Å². The molecule has 0 spiro atoms. The third kappa shape index (κ3) is 9.92. The maximum Gasteiger partial charge on any atom is 0.0800 e. The maximum atomic E-state index is 10.7. The first kappa shape index (κ1) is 31.6. The summed E-state index contributed by atoms with van der Waals surface area (Å²) in [6.45, 7) is 7.62. The second-order valence-corrected chi connectivity index (χ2v) is 11.9. The lowest BCUT2D eigenvalue weighted by Gasteiger charge is -2.29. The Morgan fingerprint density at radius 1 is 0.850 bits per heavy atom. The van der Waals surface area contributed by atoms with Crippen LogP contribution in [0.15, 0.2) is 97.1 Å². The molecule has 0 amide bonds. The van der Waals surface area contributed by atoms with Gasteiger partial charge in [0.15, 0.2) is 0 Å². The van der Waals surface area contributed by atoms with E-state index in [0.717, 1.165) is 19.3 Å². The van der Waals surface area contributed by atoms with Crippen molar-refractivity contribution in [3.8, 4) is 11.1 Å². The molecule has 0 fully saturated rings. The second kappa shape index (κ2) is 15.8. The van der Waals surface area contributed by atoms with E-state index in [1.165, 1.54) is 38.6 Å². The van der Waals surface area contributed by atoms with Gasteiger partial charge < -0.3 is 15.5 Å². The minimum atomic E-state index is -0.435. The summed E-state index contributed by atoms with van der Waals surface area (Å²) in [5.74, 6) is 0.878. The molecule has 212 valence electrons. The Hall–Kier alpha value is -2.93. The number of hydrogen-bond donors (Lipinski definition) is 3. The van der Waals surface area contributed by atoms with Crippen molar-refractivity contribution in [2.45, 2.75) is 44.6 Å². The summed E-state index contributed by atoms with van der Waals surface area (Å²) >= 11 is 1.74. The molecule has 4 aromatic carbocycles. The first-order chi connectivity index (χ1) is 19.3. The fourth-order valence-electron chi connectivity index (χ4n) is 4.72. The summed E-state index contributed by atoms with van der Waals surface area (Å²) in [4.78, 5) is 0. The van der Waals surface area contributed by atoms with Gasteiger partial charge in [0.05, 0.1) is 6.10 Å². The molecule has 5 heteroatoms. The summed E-state index contributed by atoms with van der Waals surface area (Å²) < 4.78 is 2.14. The van der Waals surface area contributed by atoms with Gasteiger partial charge in [-0.15, -0.1) is 0 Å². The molecule has 0 radical (unpaired) electrons. The molecule has 0 saturated heterocycles. The van der Waals surface area contributed by atoms with Crippen LogP contribution in [0.4, 0.5) is 0 Å². The molecule has 0 heterocycles.